The fraction of sp³-hybridized carbons (Fsp3) is 0.476. The predicted octanol–water partition coefficient (Wildman–Crippen LogP) is 1.59. The molecule has 0 bridgehead atoms. The number of piperidine rings is 1. The summed E-state index contributed by atoms with van der Waals surface area (Å²) in [4.78, 5) is 27.2. The van der Waals surface area contributed by atoms with Gasteiger partial charge in [-0.3, -0.25) is 9.59 Å². The summed E-state index contributed by atoms with van der Waals surface area (Å²) in [5.74, 6) is -0.0155. The molecule has 1 aromatic heterocycles. The molecule has 1 aliphatic rings. The lowest BCUT2D eigenvalue weighted by Gasteiger charge is -2.31. The van der Waals surface area contributed by atoms with Crippen molar-refractivity contribution in [2.24, 2.45) is 11.7 Å². The number of carbonyl (C=O) groups is 2. The van der Waals surface area contributed by atoms with Gasteiger partial charge >= 0.3 is 0 Å². The number of nitrogens with one attached hydrogen (secondary N) is 1. The molecule has 1 fully saturated rings. The van der Waals surface area contributed by atoms with E-state index in [0.717, 1.165) is 24.9 Å². The molecular weight excluding hydrogens is 370 g/mol. The Bertz CT molecular complexity index is 821. The van der Waals surface area contributed by atoms with Crippen LogP contribution in [0, 0.1) is 5.92 Å². The van der Waals surface area contributed by atoms with Crippen LogP contribution in [0.3, 0.4) is 0 Å². The first-order valence-electron chi connectivity index (χ1n) is 10.2. The molecule has 0 spiro atoms. The number of carbonyl (C=O) groups excluding carboxylic acids is 2. The second-order valence-electron chi connectivity index (χ2n) is 7.14. The molecule has 3 rings (SSSR count). The lowest BCUT2D eigenvalue weighted by atomic mass is 9.97. The third-order valence-corrected chi connectivity index (χ3v) is 4.89. The maximum atomic E-state index is 13.2. The number of hydrogen-bond donors (Lipinski definition) is 2. The Morgan fingerprint density at radius 3 is 2.83 bits per heavy atom. The van der Waals surface area contributed by atoms with Gasteiger partial charge < -0.3 is 20.7 Å². The van der Waals surface area contributed by atoms with Crippen LogP contribution in [0.4, 0.5) is 0 Å². The quantitative estimate of drug-likeness (QED) is 0.702. The van der Waals surface area contributed by atoms with Crippen molar-refractivity contribution in [3.05, 3.63) is 42.2 Å². The van der Waals surface area contributed by atoms with Crippen molar-refractivity contribution < 1.29 is 14.3 Å². The third kappa shape index (κ3) is 5.14. The summed E-state index contributed by atoms with van der Waals surface area (Å²) in [6.07, 6.45) is 4.11. The lowest BCUT2D eigenvalue weighted by Crippen LogP contribution is -2.46. The minimum atomic E-state index is -0.226. The Balaban J connectivity index is 1.79. The van der Waals surface area contributed by atoms with Crippen LogP contribution in [-0.2, 0) is 4.79 Å². The number of amides is 2. The lowest BCUT2D eigenvalue weighted by molar-refractivity contribution is -0.126. The van der Waals surface area contributed by atoms with E-state index in [1.54, 1.807) is 15.8 Å². The summed E-state index contributed by atoms with van der Waals surface area (Å²) >= 11 is 0. The molecule has 1 saturated heterocycles. The number of rotatable bonds is 8. The van der Waals surface area contributed by atoms with E-state index >= 15 is 0 Å². The van der Waals surface area contributed by atoms with Crippen LogP contribution in [0.25, 0.3) is 5.69 Å². The average Bonchev–Trinajstić information content (AvgIpc) is 3.20. The van der Waals surface area contributed by atoms with E-state index in [2.05, 4.69) is 10.4 Å². The molecule has 156 valence electrons. The zero-order chi connectivity index (χ0) is 20.6. The summed E-state index contributed by atoms with van der Waals surface area (Å²) in [6, 6.07) is 9.60. The summed E-state index contributed by atoms with van der Waals surface area (Å²) in [5.41, 5.74) is 6.60. The first-order chi connectivity index (χ1) is 14.1. The second kappa shape index (κ2) is 10.1. The van der Waals surface area contributed by atoms with Gasteiger partial charge in [-0.25, -0.2) is 4.68 Å². The number of para-hydroxylation sites is 1. The Labute approximate surface area is 171 Å². The maximum absolute atomic E-state index is 13.2. The third-order valence-electron chi connectivity index (χ3n) is 4.89. The van der Waals surface area contributed by atoms with E-state index in [0.29, 0.717) is 38.5 Å². The minimum absolute atomic E-state index is 0.0507. The molecule has 8 nitrogen and oxygen atoms in total. The van der Waals surface area contributed by atoms with E-state index in [1.807, 2.05) is 37.3 Å². The van der Waals surface area contributed by atoms with Crippen molar-refractivity contribution in [3.8, 4) is 11.4 Å². The molecule has 1 aromatic carbocycles. The molecule has 8 heteroatoms. The molecule has 1 aliphatic heterocycles. The average molecular weight is 399 g/mol. The van der Waals surface area contributed by atoms with Gasteiger partial charge in [-0.2, -0.15) is 5.10 Å². The van der Waals surface area contributed by atoms with E-state index < -0.39 is 0 Å². The minimum Gasteiger partial charge on any atom is -0.489 e. The van der Waals surface area contributed by atoms with Crippen molar-refractivity contribution in [1.29, 1.82) is 0 Å². The zero-order valence-corrected chi connectivity index (χ0v) is 16.8. The van der Waals surface area contributed by atoms with Crippen molar-refractivity contribution in [3.63, 3.8) is 0 Å². The standard InChI is InChI=1S/C21H29N5O3/c1-2-13-29-18-15-26(17-8-4-3-5-9-17)24-19(18)21(28)25-12-6-7-16(14-25)20(27)23-11-10-22/h3-5,8-9,15-16H,2,6-7,10-14,22H2,1H3,(H,23,27). The summed E-state index contributed by atoms with van der Waals surface area (Å²) in [5, 5.41) is 7.33. The van der Waals surface area contributed by atoms with Gasteiger partial charge in [0.15, 0.2) is 11.4 Å². The van der Waals surface area contributed by atoms with E-state index in [9.17, 15) is 9.59 Å². The molecule has 29 heavy (non-hydrogen) atoms. The molecule has 1 atom stereocenters. The van der Waals surface area contributed by atoms with Gasteiger partial charge in [0.25, 0.3) is 5.91 Å². The smallest absolute Gasteiger partial charge is 0.278 e. The van der Waals surface area contributed by atoms with Crippen molar-refractivity contribution in [1.82, 2.24) is 20.0 Å². The molecular formula is C21H29N5O3. The first-order valence-corrected chi connectivity index (χ1v) is 10.2. The largest absolute Gasteiger partial charge is 0.489 e. The highest BCUT2D eigenvalue weighted by atomic mass is 16.5. The fourth-order valence-corrected chi connectivity index (χ4v) is 3.40. The summed E-state index contributed by atoms with van der Waals surface area (Å²) in [7, 11) is 0. The Morgan fingerprint density at radius 1 is 1.31 bits per heavy atom. The Hall–Kier alpha value is -2.87. The summed E-state index contributed by atoms with van der Waals surface area (Å²) < 4.78 is 7.46. The fourth-order valence-electron chi connectivity index (χ4n) is 3.40. The van der Waals surface area contributed by atoms with Gasteiger partial charge in [-0.15, -0.1) is 0 Å². The van der Waals surface area contributed by atoms with Crippen LogP contribution >= 0.6 is 0 Å². The first kappa shape index (κ1) is 20.9. The van der Waals surface area contributed by atoms with E-state index in [4.69, 9.17) is 10.5 Å². The Morgan fingerprint density at radius 2 is 2.10 bits per heavy atom. The van der Waals surface area contributed by atoms with Gasteiger partial charge in [-0.1, -0.05) is 25.1 Å². The van der Waals surface area contributed by atoms with Crippen LogP contribution in [0.1, 0.15) is 36.7 Å². The number of hydrogen-bond acceptors (Lipinski definition) is 5. The predicted molar refractivity (Wildman–Crippen MR) is 110 cm³/mol. The number of likely N-dealkylation sites (tertiary alicyclic amines) is 1. The number of nitrogens with two attached hydrogens (primary N) is 1. The van der Waals surface area contributed by atoms with Crippen molar-refractivity contribution in [2.75, 3.05) is 32.8 Å². The van der Waals surface area contributed by atoms with Gasteiger partial charge in [0.1, 0.15) is 0 Å². The molecule has 2 heterocycles. The molecule has 2 amide bonds. The van der Waals surface area contributed by atoms with Gasteiger partial charge in [-0.05, 0) is 31.4 Å². The molecule has 0 radical (unpaired) electrons. The van der Waals surface area contributed by atoms with Crippen LogP contribution in [-0.4, -0.2) is 59.3 Å². The van der Waals surface area contributed by atoms with Crippen molar-refractivity contribution in [2.45, 2.75) is 26.2 Å². The zero-order valence-electron chi connectivity index (χ0n) is 16.8. The normalized spacial score (nSPS) is 16.5. The summed E-state index contributed by atoms with van der Waals surface area (Å²) in [6.45, 7) is 4.34. The molecule has 0 aliphatic carbocycles. The van der Waals surface area contributed by atoms with Gasteiger partial charge in [0, 0.05) is 26.2 Å². The SMILES string of the molecule is CCCOc1cn(-c2ccccc2)nc1C(=O)N1CCCC(C(=O)NCCN)C1. The van der Waals surface area contributed by atoms with Gasteiger partial charge in [0.05, 0.1) is 24.4 Å². The monoisotopic (exact) mass is 399 g/mol. The van der Waals surface area contributed by atoms with Crippen molar-refractivity contribution >= 4 is 11.8 Å². The van der Waals surface area contributed by atoms with E-state index in [1.165, 1.54) is 0 Å². The molecule has 2 aromatic rings. The highest BCUT2D eigenvalue weighted by Crippen LogP contribution is 2.25. The molecule has 0 saturated carbocycles. The van der Waals surface area contributed by atoms with Gasteiger partial charge in [0.2, 0.25) is 5.91 Å². The highest BCUT2D eigenvalue weighted by Gasteiger charge is 2.31. The number of aromatic nitrogens is 2. The number of benzene rings is 1. The van der Waals surface area contributed by atoms with Crippen LogP contribution < -0.4 is 15.8 Å². The van der Waals surface area contributed by atoms with Crippen LogP contribution in [0.15, 0.2) is 36.5 Å². The highest BCUT2D eigenvalue weighted by molar-refractivity contribution is 5.95. The van der Waals surface area contributed by atoms with Crippen LogP contribution in [0.2, 0.25) is 0 Å². The number of ether oxygens (including phenoxy) is 1. The Kier molecular flexibility index (Phi) is 7.24. The topological polar surface area (TPSA) is 102 Å². The van der Waals surface area contributed by atoms with Crippen LogP contribution in [0.5, 0.6) is 5.75 Å². The van der Waals surface area contributed by atoms with E-state index in [-0.39, 0.29) is 23.4 Å². The molecule has 1 unspecified atom stereocenters. The maximum Gasteiger partial charge on any atom is 0.278 e. The number of nitrogens with zero attached hydrogens (tertiary/aromatic N) is 3. The second-order valence-corrected chi connectivity index (χ2v) is 7.14. The molecule has 3 N–H and O–H groups in total.